The maximum absolute atomic E-state index is 5.95. The summed E-state index contributed by atoms with van der Waals surface area (Å²) in [6.45, 7) is 0. The maximum atomic E-state index is 5.95. The number of nitrogens with two attached hydrogens (primary N) is 1. The van der Waals surface area contributed by atoms with Crippen LogP contribution in [0, 0.1) is 0 Å². The van der Waals surface area contributed by atoms with E-state index in [1.165, 1.54) is 19.3 Å². The highest BCUT2D eigenvalue weighted by molar-refractivity contribution is 6.31. The largest absolute Gasteiger partial charge is 0.368 e. The number of rotatable bonds is 1. The summed E-state index contributed by atoms with van der Waals surface area (Å²) in [6.07, 6.45) is 3.69. The van der Waals surface area contributed by atoms with E-state index < -0.39 is 0 Å². The first-order valence-corrected chi connectivity index (χ1v) is 5.84. The lowest BCUT2D eigenvalue weighted by Gasteiger charge is -2.25. The SMILES string of the molecule is Nc1nc(C2CCC2)c2ccc(Cl)cc2n1. The third kappa shape index (κ3) is 1.52. The Kier molecular flexibility index (Phi) is 2.21. The molecule has 82 valence electrons. The minimum Gasteiger partial charge on any atom is -0.368 e. The van der Waals surface area contributed by atoms with Crippen LogP contribution in [0.2, 0.25) is 5.02 Å². The van der Waals surface area contributed by atoms with Gasteiger partial charge in [-0.3, -0.25) is 0 Å². The van der Waals surface area contributed by atoms with E-state index in [0.717, 1.165) is 16.6 Å². The quantitative estimate of drug-likeness (QED) is 0.823. The van der Waals surface area contributed by atoms with E-state index in [9.17, 15) is 0 Å². The molecule has 0 aliphatic heterocycles. The van der Waals surface area contributed by atoms with Gasteiger partial charge in [0.05, 0.1) is 11.2 Å². The number of fused-ring (bicyclic) bond motifs is 1. The van der Waals surface area contributed by atoms with Gasteiger partial charge in [0.15, 0.2) is 0 Å². The fourth-order valence-corrected chi connectivity index (χ4v) is 2.31. The van der Waals surface area contributed by atoms with Crippen LogP contribution in [0.3, 0.4) is 0 Å². The zero-order chi connectivity index (χ0) is 11.1. The smallest absolute Gasteiger partial charge is 0.220 e. The summed E-state index contributed by atoms with van der Waals surface area (Å²) in [5.74, 6) is 0.894. The standard InChI is InChI=1S/C12H12ClN3/c13-8-4-5-9-10(6-8)15-12(14)16-11(9)7-2-1-3-7/h4-7H,1-3H2,(H2,14,15,16). The summed E-state index contributed by atoms with van der Waals surface area (Å²) in [7, 11) is 0. The Balaban J connectivity index is 2.25. The Bertz CT molecular complexity index is 544. The third-order valence-electron chi connectivity index (χ3n) is 3.20. The zero-order valence-corrected chi connectivity index (χ0v) is 9.54. The van der Waals surface area contributed by atoms with Gasteiger partial charge >= 0.3 is 0 Å². The molecule has 3 rings (SSSR count). The molecule has 0 bridgehead atoms. The van der Waals surface area contributed by atoms with E-state index in [2.05, 4.69) is 9.97 Å². The van der Waals surface area contributed by atoms with Crippen LogP contribution in [0.1, 0.15) is 30.9 Å². The molecule has 0 radical (unpaired) electrons. The van der Waals surface area contributed by atoms with Gasteiger partial charge in [0.25, 0.3) is 0 Å². The Morgan fingerprint density at radius 2 is 2.06 bits per heavy atom. The fraction of sp³-hybridized carbons (Fsp3) is 0.333. The van der Waals surface area contributed by atoms with Crippen molar-refractivity contribution in [1.82, 2.24) is 9.97 Å². The van der Waals surface area contributed by atoms with E-state index in [4.69, 9.17) is 17.3 Å². The number of benzene rings is 1. The molecular formula is C12H12ClN3. The number of hydrogen-bond acceptors (Lipinski definition) is 3. The van der Waals surface area contributed by atoms with Crippen molar-refractivity contribution in [2.24, 2.45) is 0 Å². The maximum Gasteiger partial charge on any atom is 0.220 e. The summed E-state index contributed by atoms with van der Waals surface area (Å²) in [4.78, 5) is 8.60. The van der Waals surface area contributed by atoms with Gasteiger partial charge in [-0.15, -0.1) is 0 Å². The van der Waals surface area contributed by atoms with Crippen LogP contribution in [0.25, 0.3) is 10.9 Å². The molecule has 16 heavy (non-hydrogen) atoms. The van der Waals surface area contributed by atoms with Crippen LogP contribution in [0.5, 0.6) is 0 Å². The average molecular weight is 234 g/mol. The van der Waals surface area contributed by atoms with E-state index in [-0.39, 0.29) is 0 Å². The van der Waals surface area contributed by atoms with Crippen molar-refractivity contribution in [3.05, 3.63) is 28.9 Å². The molecule has 0 saturated heterocycles. The van der Waals surface area contributed by atoms with E-state index >= 15 is 0 Å². The van der Waals surface area contributed by atoms with E-state index in [1.807, 2.05) is 18.2 Å². The first-order chi connectivity index (χ1) is 7.74. The Morgan fingerprint density at radius 3 is 2.75 bits per heavy atom. The van der Waals surface area contributed by atoms with Crippen LogP contribution < -0.4 is 5.73 Å². The molecule has 3 nitrogen and oxygen atoms in total. The summed E-state index contributed by atoms with van der Waals surface area (Å²) in [5.41, 5.74) is 7.66. The van der Waals surface area contributed by atoms with Crippen LogP contribution >= 0.6 is 11.6 Å². The topological polar surface area (TPSA) is 51.8 Å². The highest BCUT2D eigenvalue weighted by Gasteiger charge is 2.23. The molecule has 1 aliphatic rings. The third-order valence-corrected chi connectivity index (χ3v) is 3.43. The van der Waals surface area contributed by atoms with Crippen molar-refractivity contribution < 1.29 is 0 Å². The number of aromatic nitrogens is 2. The highest BCUT2D eigenvalue weighted by atomic mass is 35.5. The second-order valence-corrected chi connectivity index (χ2v) is 4.69. The number of nitrogen functional groups attached to an aromatic ring is 1. The monoisotopic (exact) mass is 233 g/mol. The normalized spacial score (nSPS) is 16.3. The molecule has 2 aromatic rings. The van der Waals surface area contributed by atoms with Gasteiger partial charge in [-0.05, 0) is 31.0 Å². The molecule has 0 spiro atoms. The average Bonchev–Trinajstić information content (AvgIpc) is 2.13. The summed E-state index contributed by atoms with van der Waals surface area (Å²) < 4.78 is 0. The van der Waals surface area contributed by atoms with Crippen molar-refractivity contribution in [3.63, 3.8) is 0 Å². The van der Waals surface area contributed by atoms with Crippen LogP contribution in [-0.4, -0.2) is 9.97 Å². The fourth-order valence-electron chi connectivity index (χ4n) is 2.14. The van der Waals surface area contributed by atoms with Gasteiger partial charge in [-0.1, -0.05) is 18.0 Å². The van der Waals surface area contributed by atoms with Gasteiger partial charge in [-0.25, -0.2) is 9.97 Å². The molecule has 1 aromatic carbocycles. The minimum atomic E-state index is 0.344. The molecule has 0 unspecified atom stereocenters. The Labute approximate surface area is 98.6 Å². The summed E-state index contributed by atoms with van der Waals surface area (Å²) >= 11 is 5.95. The summed E-state index contributed by atoms with van der Waals surface area (Å²) in [6, 6.07) is 5.72. The minimum absolute atomic E-state index is 0.344. The van der Waals surface area contributed by atoms with Gasteiger partial charge in [0, 0.05) is 16.3 Å². The molecule has 1 fully saturated rings. The predicted molar refractivity (Wildman–Crippen MR) is 65.6 cm³/mol. The molecule has 0 atom stereocenters. The van der Waals surface area contributed by atoms with Crippen LogP contribution in [0.4, 0.5) is 5.95 Å². The summed E-state index contributed by atoms with van der Waals surface area (Å²) in [5, 5.41) is 1.77. The first kappa shape index (κ1) is 9.85. The number of hydrogen-bond donors (Lipinski definition) is 1. The second kappa shape index (κ2) is 3.59. The molecule has 0 amide bonds. The molecule has 1 saturated carbocycles. The lowest BCUT2D eigenvalue weighted by atomic mass is 9.81. The second-order valence-electron chi connectivity index (χ2n) is 4.26. The first-order valence-electron chi connectivity index (χ1n) is 5.47. The van der Waals surface area contributed by atoms with Gasteiger partial charge in [-0.2, -0.15) is 0 Å². The molecule has 2 N–H and O–H groups in total. The van der Waals surface area contributed by atoms with E-state index in [1.54, 1.807) is 0 Å². The number of anilines is 1. The van der Waals surface area contributed by atoms with Gasteiger partial charge in [0.1, 0.15) is 0 Å². The molecule has 4 heteroatoms. The molecule has 1 aliphatic carbocycles. The molecule has 1 aromatic heterocycles. The van der Waals surface area contributed by atoms with Crippen molar-refractivity contribution in [3.8, 4) is 0 Å². The number of nitrogens with zero attached hydrogens (tertiary/aromatic N) is 2. The lowest BCUT2D eigenvalue weighted by molar-refractivity contribution is 0.414. The van der Waals surface area contributed by atoms with Crippen molar-refractivity contribution in [2.45, 2.75) is 25.2 Å². The van der Waals surface area contributed by atoms with E-state index in [0.29, 0.717) is 16.9 Å². The zero-order valence-electron chi connectivity index (χ0n) is 8.78. The number of halogens is 1. The van der Waals surface area contributed by atoms with Crippen molar-refractivity contribution >= 4 is 28.5 Å². The van der Waals surface area contributed by atoms with Gasteiger partial charge < -0.3 is 5.73 Å². The Morgan fingerprint density at radius 1 is 1.25 bits per heavy atom. The molecular weight excluding hydrogens is 222 g/mol. The van der Waals surface area contributed by atoms with Gasteiger partial charge in [0.2, 0.25) is 5.95 Å². The van der Waals surface area contributed by atoms with Crippen LogP contribution in [0.15, 0.2) is 18.2 Å². The van der Waals surface area contributed by atoms with Crippen molar-refractivity contribution in [1.29, 1.82) is 0 Å². The lowest BCUT2D eigenvalue weighted by Crippen LogP contribution is -2.13. The predicted octanol–water partition coefficient (Wildman–Crippen LogP) is 3.13. The van der Waals surface area contributed by atoms with Crippen molar-refractivity contribution in [2.75, 3.05) is 5.73 Å². The Hall–Kier alpha value is -1.35. The van der Waals surface area contributed by atoms with Crippen LogP contribution in [-0.2, 0) is 0 Å². The highest BCUT2D eigenvalue weighted by Crippen LogP contribution is 2.38. The molecule has 1 heterocycles.